The van der Waals surface area contributed by atoms with Gasteiger partial charge in [-0.1, -0.05) is 6.08 Å². The predicted octanol–water partition coefficient (Wildman–Crippen LogP) is 3.12. The lowest BCUT2D eigenvalue weighted by Gasteiger charge is -2.09. The van der Waals surface area contributed by atoms with Crippen LogP contribution in [0.3, 0.4) is 0 Å². The molecule has 5 heteroatoms. The summed E-state index contributed by atoms with van der Waals surface area (Å²) >= 11 is 0. The fourth-order valence-corrected chi connectivity index (χ4v) is 1.79. The fraction of sp³-hybridized carbons (Fsp3) is 0.333. The normalized spacial score (nSPS) is 14.7. The number of benzene rings is 1. The predicted molar refractivity (Wildman–Crippen MR) is 83.0 cm³/mol. The molecule has 0 spiro atoms. The molecule has 1 aliphatic carbocycles. The van der Waals surface area contributed by atoms with Crippen molar-refractivity contribution in [2.24, 2.45) is 16.6 Å². The monoisotopic (exact) mass is 291 g/mol. The molecule has 0 saturated heterocycles. The van der Waals surface area contributed by atoms with Gasteiger partial charge in [0.05, 0.1) is 24.2 Å². The van der Waals surface area contributed by atoms with Crippen LogP contribution in [0.2, 0.25) is 0 Å². The highest BCUT2D eigenvalue weighted by atomic mass is 35.5. The van der Waals surface area contributed by atoms with Crippen molar-refractivity contribution in [3.05, 3.63) is 35.4 Å². The molecule has 106 valence electrons. The van der Waals surface area contributed by atoms with Gasteiger partial charge < -0.3 is 10.5 Å². The Bertz CT molecular complexity index is 557. The molecule has 2 N–H and O–H groups in total. The third kappa shape index (κ3) is 4.01. The van der Waals surface area contributed by atoms with Gasteiger partial charge in [0.25, 0.3) is 0 Å². The molecule has 20 heavy (non-hydrogen) atoms. The number of hydrogen-bond acceptors (Lipinski definition) is 3. The summed E-state index contributed by atoms with van der Waals surface area (Å²) in [5, 5.41) is 9.20. The lowest BCUT2D eigenvalue weighted by atomic mass is 10.1. The SMILES string of the molecule is C/C=C(\N=CN)c1ccc(OCC2CC2)c(C#N)c1.Cl. The number of aliphatic imine (C=N–C) groups is 1. The molecule has 0 aliphatic heterocycles. The Labute approximate surface area is 125 Å². The van der Waals surface area contributed by atoms with Gasteiger partial charge in [0.1, 0.15) is 11.8 Å². The van der Waals surface area contributed by atoms with Crippen LogP contribution in [0.4, 0.5) is 0 Å². The number of nitriles is 1. The first-order chi connectivity index (χ1) is 9.28. The van der Waals surface area contributed by atoms with E-state index in [2.05, 4.69) is 11.1 Å². The highest BCUT2D eigenvalue weighted by Gasteiger charge is 2.22. The van der Waals surface area contributed by atoms with Crippen molar-refractivity contribution in [3.8, 4) is 11.8 Å². The van der Waals surface area contributed by atoms with Gasteiger partial charge in [0, 0.05) is 5.56 Å². The summed E-state index contributed by atoms with van der Waals surface area (Å²) in [5.74, 6) is 1.31. The molecule has 1 aromatic rings. The van der Waals surface area contributed by atoms with Gasteiger partial charge >= 0.3 is 0 Å². The van der Waals surface area contributed by atoms with Gasteiger partial charge in [0.2, 0.25) is 0 Å². The van der Waals surface area contributed by atoms with Crippen LogP contribution in [0.15, 0.2) is 29.3 Å². The number of nitrogens with two attached hydrogens (primary N) is 1. The first-order valence-electron chi connectivity index (χ1n) is 6.36. The number of allylic oxidation sites excluding steroid dienone is 1. The highest BCUT2D eigenvalue weighted by Crippen LogP contribution is 2.31. The molecule has 2 rings (SSSR count). The molecule has 1 aliphatic rings. The van der Waals surface area contributed by atoms with E-state index in [0.717, 1.165) is 11.3 Å². The van der Waals surface area contributed by atoms with E-state index in [4.69, 9.17) is 10.5 Å². The van der Waals surface area contributed by atoms with Crippen molar-refractivity contribution in [1.29, 1.82) is 5.26 Å². The molecule has 4 nitrogen and oxygen atoms in total. The molecule has 1 aromatic carbocycles. The van der Waals surface area contributed by atoms with E-state index in [1.54, 1.807) is 6.07 Å². The fourth-order valence-electron chi connectivity index (χ4n) is 1.79. The number of rotatable bonds is 5. The van der Waals surface area contributed by atoms with E-state index >= 15 is 0 Å². The van der Waals surface area contributed by atoms with Gasteiger partial charge in [-0.15, -0.1) is 12.4 Å². The summed E-state index contributed by atoms with van der Waals surface area (Å²) in [6.45, 7) is 2.58. The molecule has 0 radical (unpaired) electrons. The molecule has 0 atom stereocenters. The third-order valence-corrected chi connectivity index (χ3v) is 3.05. The minimum Gasteiger partial charge on any atom is -0.492 e. The zero-order valence-electron chi connectivity index (χ0n) is 11.4. The van der Waals surface area contributed by atoms with Crippen LogP contribution in [0.25, 0.3) is 5.70 Å². The first kappa shape index (κ1) is 16.1. The first-order valence-corrected chi connectivity index (χ1v) is 6.36. The second-order valence-corrected chi connectivity index (χ2v) is 4.53. The summed E-state index contributed by atoms with van der Waals surface area (Å²) in [6, 6.07) is 7.67. The Kier molecular flexibility index (Phi) is 6.08. The number of hydrogen-bond donors (Lipinski definition) is 1. The van der Waals surface area contributed by atoms with Crippen molar-refractivity contribution in [3.63, 3.8) is 0 Å². The van der Waals surface area contributed by atoms with Crippen molar-refractivity contribution in [1.82, 2.24) is 0 Å². The standard InChI is InChI=1S/C15H17N3O.ClH/c1-2-14(18-10-17)12-5-6-15(13(7-12)8-16)19-9-11-3-4-11;/h2,5-7,10-11H,3-4,9H2,1H3,(H2,17,18);1H/b14-2-;. The minimum atomic E-state index is 0. The van der Waals surface area contributed by atoms with E-state index in [1.807, 2.05) is 25.1 Å². The molecular formula is C15H18ClN3O. The second kappa shape index (κ2) is 7.56. The van der Waals surface area contributed by atoms with E-state index in [-0.39, 0.29) is 12.4 Å². The van der Waals surface area contributed by atoms with Crippen LogP contribution in [0, 0.1) is 17.2 Å². The minimum absolute atomic E-state index is 0. The smallest absolute Gasteiger partial charge is 0.137 e. The molecule has 0 unspecified atom stereocenters. The summed E-state index contributed by atoms with van der Waals surface area (Å²) in [7, 11) is 0. The Balaban J connectivity index is 0.00000200. The number of nitrogens with zero attached hydrogens (tertiary/aromatic N) is 2. The Hall–Kier alpha value is -1.99. The molecule has 0 heterocycles. The van der Waals surface area contributed by atoms with Crippen molar-refractivity contribution in [2.75, 3.05) is 6.61 Å². The quantitative estimate of drug-likeness (QED) is 0.669. The summed E-state index contributed by atoms with van der Waals surface area (Å²) in [5.41, 5.74) is 7.44. The Morgan fingerprint density at radius 2 is 2.30 bits per heavy atom. The Morgan fingerprint density at radius 1 is 1.55 bits per heavy atom. The van der Waals surface area contributed by atoms with Gasteiger partial charge in [-0.25, -0.2) is 4.99 Å². The van der Waals surface area contributed by atoms with E-state index < -0.39 is 0 Å². The molecule has 1 saturated carbocycles. The average Bonchev–Trinajstić information content (AvgIpc) is 3.26. The van der Waals surface area contributed by atoms with Crippen LogP contribution in [-0.4, -0.2) is 12.9 Å². The molecule has 0 bridgehead atoms. The van der Waals surface area contributed by atoms with E-state index in [9.17, 15) is 5.26 Å². The lowest BCUT2D eigenvalue weighted by Crippen LogP contribution is -2.01. The van der Waals surface area contributed by atoms with Crippen molar-refractivity contribution >= 4 is 24.4 Å². The Morgan fingerprint density at radius 3 is 2.85 bits per heavy atom. The zero-order valence-corrected chi connectivity index (χ0v) is 12.2. The van der Waals surface area contributed by atoms with Crippen LogP contribution in [0.1, 0.15) is 30.9 Å². The largest absolute Gasteiger partial charge is 0.492 e. The lowest BCUT2D eigenvalue weighted by molar-refractivity contribution is 0.299. The van der Waals surface area contributed by atoms with Gasteiger partial charge in [-0.05, 0) is 43.9 Å². The van der Waals surface area contributed by atoms with Crippen LogP contribution >= 0.6 is 12.4 Å². The zero-order chi connectivity index (χ0) is 13.7. The van der Waals surface area contributed by atoms with Crippen LogP contribution in [-0.2, 0) is 0 Å². The summed E-state index contributed by atoms with van der Waals surface area (Å²) < 4.78 is 5.68. The van der Waals surface area contributed by atoms with Crippen LogP contribution < -0.4 is 10.5 Å². The van der Waals surface area contributed by atoms with Gasteiger partial charge in [-0.2, -0.15) is 5.26 Å². The average molecular weight is 292 g/mol. The maximum absolute atomic E-state index is 9.20. The van der Waals surface area contributed by atoms with Crippen molar-refractivity contribution < 1.29 is 4.74 Å². The van der Waals surface area contributed by atoms with Crippen LogP contribution in [0.5, 0.6) is 5.75 Å². The topological polar surface area (TPSA) is 71.4 Å². The summed E-state index contributed by atoms with van der Waals surface area (Å²) in [6.07, 6.45) is 5.56. The van der Waals surface area contributed by atoms with Crippen molar-refractivity contribution in [2.45, 2.75) is 19.8 Å². The molecule has 1 fully saturated rings. The third-order valence-electron chi connectivity index (χ3n) is 3.05. The number of halogens is 1. The summed E-state index contributed by atoms with van der Waals surface area (Å²) in [4.78, 5) is 4.07. The van der Waals surface area contributed by atoms with E-state index in [0.29, 0.717) is 23.8 Å². The molecule has 0 amide bonds. The maximum Gasteiger partial charge on any atom is 0.137 e. The van der Waals surface area contributed by atoms with E-state index in [1.165, 1.54) is 19.2 Å². The molecule has 0 aromatic heterocycles. The van der Waals surface area contributed by atoms with Gasteiger partial charge in [0.15, 0.2) is 0 Å². The second-order valence-electron chi connectivity index (χ2n) is 4.53. The maximum atomic E-state index is 9.20. The molecular weight excluding hydrogens is 274 g/mol. The van der Waals surface area contributed by atoms with Gasteiger partial charge in [-0.3, -0.25) is 0 Å². The highest BCUT2D eigenvalue weighted by molar-refractivity contribution is 5.85. The number of ether oxygens (including phenoxy) is 1.